The van der Waals surface area contributed by atoms with Crippen LogP contribution in [0.5, 0.6) is 0 Å². The smallest absolute Gasteiger partial charge is 0.125 e. The van der Waals surface area contributed by atoms with Gasteiger partial charge in [0.1, 0.15) is 11.6 Å². The maximum absolute atomic E-state index is 12.9. The Hall–Kier alpha value is -1.81. The fourth-order valence-electron chi connectivity index (χ4n) is 1.69. The van der Waals surface area contributed by atoms with Crippen molar-refractivity contribution in [3.63, 3.8) is 0 Å². The van der Waals surface area contributed by atoms with Gasteiger partial charge in [0, 0.05) is 11.8 Å². The standard InChI is InChI=1S/C13H14FN3/c1-9-16-8-11(6-7-15)13(17-9)10-2-4-12(14)5-3-10/h2-5,8H,6-7,15H2,1H3. The molecule has 0 aliphatic carbocycles. The van der Waals surface area contributed by atoms with E-state index in [9.17, 15) is 4.39 Å². The molecular formula is C13H14FN3. The molecule has 0 unspecified atom stereocenters. The molecule has 3 nitrogen and oxygen atoms in total. The number of rotatable bonds is 3. The largest absolute Gasteiger partial charge is 0.330 e. The summed E-state index contributed by atoms with van der Waals surface area (Å²) in [5.74, 6) is 0.449. The lowest BCUT2D eigenvalue weighted by Crippen LogP contribution is -2.06. The molecule has 2 aromatic rings. The Morgan fingerprint density at radius 1 is 1.24 bits per heavy atom. The Labute approximate surface area is 99.5 Å². The predicted molar refractivity (Wildman–Crippen MR) is 64.9 cm³/mol. The second-order valence-electron chi connectivity index (χ2n) is 3.84. The minimum absolute atomic E-state index is 0.250. The molecule has 0 atom stereocenters. The van der Waals surface area contributed by atoms with E-state index in [1.165, 1.54) is 12.1 Å². The number of nitrogens with zero attached hydrogens (tertiary/aromatic N) is 2. The van der Waals surface area contributed by atoms with Crippen LogP contribution in [0.4, 0.5) is 4.39 Å². The Morgan fingerprint density at radius 2 is 1.94 bits per heavy atom. The highest BCUT2D eigenvalue weighted by molar-refractivity contribution is 5.62. The Morgan fingerprint density at radius 3 is 2.59 bits per heavy atom. The summed E-state index contributed by atoms with van der Waals surface area (Å²) in [6, 6.07) is 6.30. The summed E-state index contributed by atoms with van der Waals surface area (Å²) in [5.41, 5.74) is 8.27. The molecule has 2 N–H and O–H groups in total. The summed E-state index contributed by atoms with van der Waals surface area (Å²) in [4.78, 5) is 8.56. The lowest BCUT2D eigenvalue weighted by Gasteiger charge is -2.08. The Balaban J connectivity index is 2.48. The third-order valence-corrected chi connectivity index (χ3v) is 2.52. The molecule has 0 amide bonds. The van der Waals surface area contributed by atoms with Gasteiger partial charge < -0.3 is 5.73 Å². The van der Waals surface area contributed by atoms with Crippen molar-refractivity contribution in [3.8, 4) is 11.3 Å². The van der Waals surface area contributed by atoms with Gasteiger partial charge in [-0.1, -0.05) is 0 Å². The molecule has 0 aliphatic rings. The van der Waals surface area contributed by atoms with Crippen LogP contribution < -0.4 is 5.73 Å². The predicted octanol–water partition coefficient (Wildman–Crippen LogP) is 2.09. The SMILES string of the molecule is Cc1ncc(CCN)c(-c2ccc(F)cc2)n1. The molecule has 17 heavy (non-hydrogen) atoms. The number of halogens is 1. The highest BCUT2D eigenvalue weighted by Crippen LogP contribution is 2.21. The summed E-state index contributed by atoms with van der Waals surface area (Å²) in [6.07, 6.45) is 2.50. The van der Waals surface area contributed by atoms with Crippen LogP contribution in [0.25, 0.3) is 11.3 Å². The van der Waals surface area contributed by atoms with Crippen LogP contribution in [0.15, 0.2) is 30.5 Å². The van der Waals surface area contributed by atoms with Crippen LogP contribution in [0.3, 0.4) is 0 Å². The summed E-state index contributed by atoms with van der Waals surface area (Å²) in [7, 11) is 0. The van der Waals surface area contributed by atoms with E-state index >= 15 is 0 Å². The molecule has 2 rings (SSSR count). The number of aryl methyl sites for hydroxylation is 1. The third-order valence-electron chi connectivity index (χ3n) is 2.52. The normalized spacial score (nSPS) is 10.5. The first kappa shape index (κ1) is 11.7. The van der Waals surface area contributed by atoms with Gasteiger partial charge in [0.05, 0.1) is 5.69 Å². The van der Waals surface area contributed by atoms with E-state index in [0.29, 0.717) is 18.8 Å². The van der Waals surface area contributed by atoms with Gasteiger partial charge in [-0.2, -0.15) is 0 Å². The van der Waals surface area contributed by atoms with E-state index in [2.05, 4.69) is 9.97 Å². The first-order valence-electron chi connectivity index (χ1n) is 5.49. The van der Waals surface area contributed by atoms with Gasteiger partial charge >= 0.3 is 0 Å². The summed E-state index contributed by atoms with van der Waals surface area (Å²) in [6.45, 7) is 2.37. The van der Waals surface area contributed by atoms with Crippen molar-refractivity contribution in [1.29, 1.82) is 0 Å². The molecule has 0 spiro atoms. The van der Waals surface area contributed by atoms with Gasteiger partial charge in [-0.25, -0.2) is 14.4 Å². The van der Waals surface area contributed by atoms with Crippen LogP contribution in [0, 0.1) is 12.7 Å². The van der Waals surface area contributed by atoms with E-state index in [0.717, 1.165) is 16.8 Å². The number of hydrogen-bond acceptors (Lipinski definition) is 3. The van der Waals surface area contributed by atoms with Gasteiger partial charge in [0.2, 0.25) is 0 Å². The van der Waals surface area contributed by atoms with E-state index in [-0.39, 0.29) is 5.82 Å². The van der Waals surface area contributed by atoms with E-state index in [1.54, 1.807) is 18.3 Å². The van der Waals surface area contributed by atoms with E-state index in [4.69, 9.17) is 5.73 Å². The van der Waals surface area contributed by atoms with Gasteiger partial charge in [-0.3, -0.25) is 0 Å². The molecule has 0 bridgehead atoms. The maximum Gasteiger partial charge on any atom is 0.125 e. The zero-order valence-electron chi connectivity index (χ0n) is 9.65. The lowest BCUT2D eigenvalue weighted by molar-refractivity contribution is 0.628. The molecule has 1 heterocycles. The minimum atomic E-state index is -0.250. The van der Waals surface area contributed by atoms with Crippen molar-refractivity contribution >= 4 is 0 Å². The summed E-state index contributed by atoms with van der Waals surface area (Å²) < 4.78 is 12.9. The molecule has 0 aliphatic heterocycles. The molecule has 4 heteroatoms. The zero-order valence-corrected chi connectivity index (χ0v) is 9.65. The van der Waals surface area contributed by atoms with Crippen LogP contribution in [-0.4, -0.2) is 16.5 Å². The second kappa shape index (κ2) is 5.01. The molecule has 0 saturated heterocycles. The fraction of sp³-hybridized carbons (Fsp3) is 0.231. The number of aromatic nitrogens is 2. The van der Waals surface area contributed by atoms with E-state index < -0.39 is 0 Å². The second-order valence-corrected chi connectivity index (χ2v) is 3.84. The highest BCUT2D eigenvalue weighted by Gasteiger charge is 2.07. The summed E-state index contributed by atoms with van der Waals surface area (Å²) >= 11 is 0. The van der Waals surface area contributed by atoms with Crippen molar-refractivity contribution in [1.82, 2.24) is 9.97 Å². The quantitative estimate of drug-likeness (QED) is 0.880. The van der Waals surface area contributed by atoms with Crippen molar-refractivity contribution in [2.24, 2.45) is 5.73 Å². The highest BCUT2D eigenvalue weighted by atomic mass is 19.1. The lowest BCUT2D eigenvalue weighted by atomic mass is 10.0. The molecule has 0 saturated carbocycles. The van der Waals surface area contributed by atoms with Crippen molar-refractivity contribution in [3.05, 3.63) is 47.7 Å². The number of benzene rings is 1. The molecule has 0 fully saturated rings. The van der Waals surface area contributed by atoms with Crippen LogP contribution in [0.2, 0.25) is 0 Å². The minimum Gasteiger partial charge on any atom is -0.330 e. The van der Waals surface area contributed by atoms with Crippen molar-refractivity contribution in [2.75, 3.05) is 6.54 Å². The topological polar surface area (TPSA) is 51.8 Å². The van der Waals surface area contributed by atoms with Gasteiger partial charge in [0.15, 0.2) is 0 Å². The van der Waals surface area contributed by atoms with Crippen molar-refractivity contribution < 1.29 is 4.39 Å². The van der Waals surface area contributed by atoms with Crippen molar-refractivity contribution in [2.45, 2.75) is 13.3 Å². The molecular weight excluding hydrogens is 217 g/mol. The third kappa shape index (κ3) is 2.65. The first-order chi connectivity index (χ1) is 8.20. The average molecular weight is 231 g/mol. The first-order valence-corrected chi connectivity index (χ1v) is 5.49. The Kier molecular flexibility index (Phi) is 3.44. The van der Waals surface area contributed by atoms with Gasteiger partial charge in [0.25, 0.3) is 0 Å². The average Bonchev–Trinajstić information content (AvgIpc) is 2.33. The number of hydrogen-bond donors (Lipinski definition) is 1. The number of nitrogens with two attached hydrogens (primary N) is 1. The van der Waals surface area contributed by atoms with Crippen LogP contribution in [0.1, 0.15) is 11.4 Å². The fourth-order valence-corrected chi connectivity index (χ4v) is 1.69. The van der Waals surface area contributed by atoms with E-state index in [1.807, 2.05) is 6.92 Å². The Bertz CT molecular complexity index is 509. The molecule has 1 aromatic carbocycles. The zero-order chi connectivity index (χ0) is 12.3. The van der Waals surface area contributed by atoms with Gasteiger partial charge in [-0.15, -0.1) is 0 Å². The maximum atomic E-state index is 12.9. The van der Waals surface area contributed by atoms with Crippen LogP contribution in [-0.2, 0) is 6.42 Å². The van der Waals surface area contributed by atoms with Crippen LogP contribution >= 0.6 is 0 Å². The molecule has 0 radical (unpaired) electrons. The molecule has 1 aromatic heterocycles. The summed E-state index contributed by atoms with van der Waals surface area (Å²) in [5, 5.41) is 0. The monoisotopic (exact) mass is 231 g/mol. The van der Waals surface area contributed by atoms with Gasteiger partial charge in [-0.05, 0) is 49.7 Å². The molecule has 88 valence electrons.